The Balaban J connectivity index is 0.00000468. The molecule has 0 aliphatic carbocycles. The number of halogens is 2. The Kier molecular flexibility index (Phi) is 22.7. The van der Waals surface area contributed by atoms with Crippen LogP contribution in [0, 0.1) is 51.5 Å². The number of phenols is 2. The predicted molar refractivity (Wildman–Crippen MR) is 422 cm³/mol. The molecule has 8 aromatic carbocycles. The molecule has 0 bridgehead atoms. The van der Waals surface area contributed by atoms with Gasteiger partial charge in [-0.05, 0) is 183 Å². The van der Waals surface area contributed by atoms with E-state index >= 15 is 8.78 Å². The molecule has 0 saturated heterocycles. The predicted octanol–water partition coefficient (Wildman–Crippen LogP) is 27.0. The summed E-state index contributed by atoms with van der Waals surface area (Å²) in [4.78, 5) is 0. The molecule has 534 valence electrons. The van der Waals surface area contributed by atoms with E-state index in [0.717, 1.165) is 67.6 Å². The van der Waals surface area contributed by atoms with Gasteiger partial charge in [0.2, 0.25) is 11.5 Å². The fourth-order valence-corrected chi connectivity index (χ4v) is 15.5. The third kappa shape index (κ3) is 15.9. The van der Waals surface area contributed by atoms with Crippen LogP contribution in [0.5, 0.6) is 23.0 Å². The van der Waals surface area contributed by atoms with E-state index < -0.39 is 34.7 Å². The van der Waals surface area contributed by atoms with Gasteiger partial charge in [0.1, 0.15) is 29.6 Å². The van der Waals surface area contributed by atoms with Crippen LogP contribution >= 0.6 is 0 Å². The van der Waals surface area contributed by atoms with E-state index in [-0.39, 0.29) is 85.0 Å². The smallest absolute Gasteiger partial charge is 0.709 e. The molecule has 0 saturated carbocycles. The van der Waals surface area contributed by atoms with E-state index in [1.54, 1.807) is 18.2 Å². The quantitative estimate of drug-likeness (QED) is 0.0794. The van der Waals surface area contributed by atoms with E-state index in [2.05, 4.69) is 288 Å². The molecule has 0 aliphatic rings. The molecule has 0 aliphatic heterocycles. The van der Waals surface area contributed by atoms with Gasteiger partial charge in [-0.25, -0.2) is 8.78 Å². The molecule has 10 aromatic rings. The van der Waals surface area contributed by atoms with Crippen LogP contribution in [0.25, 0.3) is 77.2 Å². The Morgan fingerprint density at radius 3 is 1.06 bits per heavy atom. The number of benzene rings is 8. The molecular formula is C91H118F2N2O4Zr. The number of fused-ring (bicyclic) bond motifs is 6. The first-order valence-corrected chi connectivity index (χ1v) is 35.2. The first-order valence-electron chi connectivity index (χ1n) is 35.2. The normalized spacial score (nSPS) is 13.6. The van der Waals surface area contributed by atoms with Crippen molar-refractivity contribution < 1.29 is 53.9 Å². The maximum Gasteiger partial charge on any atom is 2.00 e. The summed E-state index contributed by atoms with van der Waals surface area (Å²) >= 11 is 0. The number of phenolic OH excluding ortho intramolecular Hbond substituents is 2. The van der Waals surface area contributed by atoms with Gasteiger partial charge in [0.25, 0.3) is 0 Å². The van der Waals surface area contributed by atoms with E-state index in [0.29, 0.717) is 63.5 Å². The third-order valence-corrected chi connectivity index (χ3v) is 20.4. The minimum Gasteiger partial charge on any atom is -0.709 e. The number of hydrogen-bond acceptors (Lipinski definition) is 2. The van der Waals surface area contributed by atoms with E-state index in [9.17, 15) is 10.2 Å². The SMILES string of the molecule is [CH2-][O+](c1ccc(F)cc1-c1cc(C(C)(C)CC(C)(C)C)cc(-n2c3cc(C(C)(C)C)ccc3c3ccc(C(C)(C)C)cc32)c1O)C(C)CC(C)[O+]([CH2-])c1c(CC)cc(F)cc1-c1cc(C(C)(C)CC(C)(C)C)cc(-n2c3cc(C(C)(C)C)ccc3c3ccc(C(C)(C)C)cc32)c1O.[CH3-].[CH3-].[Zr+2]. The van der Waals surface area contributed by atoms with Gasteiger partial charge in [0.15, 0.2) is 12.2 Å². The first-order chi connectivity index (χ1) is 44.6. The second kappa shape index (κ2) is 28.2. The second-order valence-corrected chi connectivity index (χ2v) is 36.3. The minimum atomic E-state index is -0.453. The zero-order chi connectivity index (χ0) is 71.7. The molecule has 0 amide bonds. The van der Waals surface area contributed by atoms with Crippen LogP contribution in [0.1, 0.15) is 231 Å². The Labute approximate surface area is 620 Å². The van der Waals surface area contributed by atoms with Gasteiger partial charge >= 0.3 is 26.2 Å². The van der Waals surface area contributed by atoms with Crippen molar-refractivity contribution in [3.05, 3.63) is 207 Å². The van der Waals surface area contributed by atoms with Gasteiger partial charge < -0.3 is 42.9 Å². The van der Waals surface area contributed by atoms with Crippen molar-refractivity contribution in [2.45, 2.75) is 243 Å². The van der Waals surface area contributed by atoms with Gasteiger partial charge in [0.05, 0.1) is 44.6 Å². The van der Waals surface area contributed by atoms with E-state index in [4.69, 9.17) is 7.11 Å². The Morgan fingerprint density at radius 2 is 0.730 bits per heavy atom. The molecule has 2 atom stereocenters. The van der Waals surface area contributed by atoms with E-state index in [1.165, 1.54) is 34.4 Å². The van der Waals surface area contributed by atoms with Crippen LogP contribution in [0.4, 0.5) is 8.78 Å². The maximum absolute atomic E-state index is 16.8. The van der Waals surface area contributed by atoms with Crippen LogP contribution in [0.15, 0.2) is 127 Å². The summed E-state index contributed by atoms with van der Waals surface area (Å²) in [5.41, 5.74) is 12.9. The molecule has 2 heterocycles. The van der Waals surface area contributed by atoms with Gasteiger partial charge in [-0.2, -0.15) is 0 Å². The molecular weight excluding hydrogens is 1310 g/mol. The molecule has 2 aromatic heterocycles. The van der Waals surface area contributed by atoms with Crippen molar-refractivity contribution in [2.75, 3.05) is 0 Å². The monoisotopic (exact) mass is 1430 g/mol. The molecule has 0 radical (unpaired) electrons. The topological polar surface area (TPSA) is 55.7 Å². The Hall–Kier alpha value is -6.70. The standard InChI is InChI=1S/C89H112F2N2O4.2CH3.Zr/c1-28-55-40-63(91)50-71(70-42-61(89(24,25)52-83(7,8)9)48-77(80(70)95)93-74-45-58(86(16,17)18)31-36-66(74)67-37-32-59(46-75(67)93)87(19,20)21)81(55)97(27)54(3)39-53(2)96(26)78-38-33-62(90)49-68(78)69-41-60(88(22,23)51-82(4,5)6)47-76(79(69)94)92-72-43-56(84(10,11)12)29-34-64(72)65-35-30-57(44-73(65)92)85(13,14)15;;;/h29-38,40-50,53-54,94-95H,26-28,39,51-52H2,1-25H3;2*1H3;/q;2*-1;+2. The number of nitrogens with zero attached hydrogens (tertiary/aromatic N) is 2. The molecule has 0 fully saturated rings. The third-order valence-electron chi connectivity index (χ3n) is 20.4. The van der Waals surface area contributed by atoms with Crippen molar-refractivity contribution in [1.29, 1.82) is 0 Å². The van der Waals surface area contributed by atoms with Crippen molar-refractivity contribution >= 4 is 43.6 Å². The van der Waals surface area contributed by atoms with Crippen LogP contribution < -0.4 is 0 Å². The summed E-state index contributed by atoms with van der Waals surface area (Å²) in [6.07, 6.45) is 1.77. The number of aromatic nitrogens is 2. The number of rotatable bonds is 15. The average molecular weight is 1430 g/mol. The Morgan fingerprint density at radius 1 is 0.400 bits per heavy atom. The van der Waals surface area contributed by atoms with E-state index in [1.807, 2.05) is 6.92 Å². The zero-order valence-corrected chi connectivity index (χ0v) is 68.3. The fraction of sp³-hybridized carbons (Fsp3) is 0.429. The molecule has 9 heteroatoms. The molecule has 6 nitrogen and oxygen atoms in total. The Bertz CT molecular complexity index is 4530. The summed E-state index contributed by atoms with van der Waals surface area (Å²) in [5, 5.41) is 31.2. The second-order valence-electron chi connectivity index (χ2n) is 36.3. The largest absolute Gasteiger partial charge is 2.00 e. The van der Waals surface area contributed by atoms with Crippen LogP contribution in [0.3, 0.4) is 0 Å². The summed E-state index contributed by atoms with van der Waals surface area (Å²) < 4.78 is 44.0. The molecule has 2 N–H and O–H groups in total. The van der Waals surface area contributed by atoms with Gasteiger partial charge in [0, 0.05) is 58.1 Å². The zero-order valence-electron chi connectivity index (χ0n) is 65.9. The molecule has 0 spiro atoms. The summed E-state index contributed by atoms with van der Waals surface area (Å²) in [5.74, 6) is 0.365. The van der Waals surface area contributed by atoms with Gasteiger partial charge in [-0.15, -0.1) is 0 Å². The van der Waals surface area contributed by atoms with Crippen LogP contribution in [-0.2, 0) is 73.8 Å². The molecule has 2 unspecified atom stereocenters. The number of aromatic hydroxyl groups is 2. The van der Waals surface area contributed by atoms with Crippen molar-refractivity contribution in [3.8, 4) is 56.6 Å². The van der Waals surface area contributed by atoms with Gasteiger partial charge in [-0.1, -0.05) is 208 Å². The van der Waals surface area contributed by atoms with Crippen molar-refractivity contribution in [3.63, 3.8) is 0 Å². The van der Waals surface area contributed by atoms with Crippen LogP contribution in [-0.4, -0.2) is 31.6 Å². The first kappa shape index (κ1) is 80.6. The maximum atomic E-state index is 16.8. The van der Waals surface area contributed by atoms with Crippen molar-refractivity contribution in [2.24, 2.45) is 10.8 Å². The van der Waals surface area contributed by atoms with Crippen molar-refractivity contribution in [1.82, 2.24) is 9.13 Å². The van der Waals surface area contributed by atoms with Gasteiger partial charge in [-0.3, -0.25) is 0 Å². The fourth-order valence-electron chi connectivity index (χ4n) is 15.5. The summed E-state index contributed by atoms with van der Waals surface area (Å²) in [6, 6.07) is 43.2. The number of hydrogen-bond donors (Lipinski definition) is 2. The summed E-state index contributed by atoms with van der Waals surface area (Å²) in [6.45, 7) is 55.5. The van der Waals surface area contributed by atoms with Crippen LogP contribution in [0.2, 0.25) is 0 Å². The molecule has 100 heavy (non-hydrogen) atoms. The summed E-state index contributed by atoms with van der Waals surface area (Å²) in [7, 11) is 9.44. The molecule has 10 rings (SSSR count). The minimum absolute atomic E-state index is 0. The number of aryl methyl sites for hydroxylation is 1. The average Bonchev–Trinajstić information content (AvgIpc) is 1.62.